The molecular formula is C7H9F5O. The average molecular weight is 204 g/mol. The van der Waals surface area contributed by atoms with E-state index in [0.29, 0.717) is 0 Å². The Balaban J connectivity index is 2.75. The van der Waals surface area contributed by atoms with E-state index < -0.39 is 43.4 Å². The molecule has 1 aliphatic carbocycles. The second kappa shape index (κ2) is 3.08. The molecule has 1 fully saturated rings. The van der Waals surface area contributed by atoms with Gasteiger partial charge in [0, 0.05) is 19.4 Å². The number of rotatable bonds is 1. The molecule has 13 heavy (non-hydrogen) atoms. The van der Waals surface area contributed by atoms with E-state index >= 15 is 0 Å². The van der Waals surface area contributed by atoms with Gasteiger partial charge in [-0.2, -0.15) is 13.2 Å². The van der Waals surface area contributed by atoms with Crippen LogP contribution in [-0.4, -0.2) is 23.8 Å². The maximum absolute atomic E-state index is 12.6. The van der Waals surface area contributed by atoms with Crippen molar-refractivity contribution in [1.82, 2.24) is 0 Å². The summed E-state index contributed by atoms with van der Waals surface area (Å²) in [5.74, 6) is -6.70. The van der Waals surface area contributed by atoms with Crippen molar-refractivity contribution in [2.24, 2.45) is 11.8 Å². The molecule has 0 amide bonds. The first-order chi connectivity index (χ1) is 5.76. The minimum absolute atomic E-state index is 0.834. The normalized spacial score (nSPS) is 33.7. The lowest BCUT2D eigenvalue weighted by molar-refractivity contribution is -0.189. The van der Waals surface area contributed by atoms with Crippen molar-refractivity contribution in [3.05, 3.63) is 0 Å². The molecule has 1 rings (SSSR count). The SMILES string of the molecule is OC[C@@H]1CC(F)(F)C[C@H]1C(F)(F)F. The summed E-state index contributed by atoms with van der Waals surface area (Å²) in [6, 6.07) is 0. The van der Waals surface area contributed by atoms with Gasteiger partial charge in [0.1, 0.15) is 0 Å². The second-order valence-corrected chi connectivity index (χ2v) is 3.35. The predicted octanol–water partition coefficient (Wildman–Crippen LogP) is 2.20. The van der Waals surface area contributed by atoms with Crippen LogP contribution >= 0.6 is 0 Å². The van der Waals surface area contributed by atoms with E-state index in [1.165, 1.54) is 0 Å². The number of alkyl halides is 5. The summed E-state index contributed by atoms with van der Waals surface area (Å²) in [7, 11) is 0. The van der Waals surface area contributed by atoms with Gasteiger partial charge in [-0.3, -0.25) is 0 Å². The van der Waals surface area contributed by atoms with Crippen molar-refractivity contribution in [3.63, 3.8) is 0 Å². The second-order valence-electron chi connectivity index (χ2n) is 3.35. The largest absolute Gasteiger partial charge is 0.396 e. The summed E-state index contributed by atoms with van der Waals surface area (Å²) >= 11 is 0. The number of halogens is 5. The summed E-state index contributed by atoms with van der Waals surface area (Å²) in [4.78, 5) is 0. The molecule has 0 radical (unpaired) electrons. The van der Waals surface area contributed by atoms with Gasteiger partial charge in [0.05, 0.1) is 5.92 Å². The van der Waals surface area contributed by atoms with Crippen LogP contribution in [0.15, 0.2) is 0 Å². The van der Waals surface area contributed by atoms with E-state index in [0.717, 1.165) is 0 Å². The maximum Gasteiger partial charge on any atom is 0.392 e. The predicted molar refractivity (Wildman–Crippen MR) is 34.3 cm³/mol. The Morgan fingerprint density at radius 1 is 1.23 bits per heavy atom. The molecule has 0 unspecified atom stereocenters. The van der Waals surface area contributed by atoms with Gasteiger partial charge in [0.2, 0.25) is 5.92 Å². The fraction of sp³-hybridized carbons (Fsp3) is 1.00. The highest BCUT2D eigenvalue weighted by Gasteiger charge is 2.56. The van der Waals surface area contributed by atoms with Crippen molar-refractivity contribution in [1.29, 1.82) is 0 Å². The molecule has 0 aromatic heterocycles. The van der Waals surface area contributed by atoms with Crippen LogP contribution < -0.4 is 0 Å². The molecule has 0 heterocycles. The molecule has 0 aromatic carbocycles. The monoisotopic (exact) mass is 204 g/mol. The fourth-order valence-corrected chi connectivity index (χ4v) is 1.67. The highest BCUT2D eigenvalue weighted by Crippen LogP contribution is 2.49. The van der Waals surface area contributed by atoms with Gasteiger partial charge >= 0.3 is 6.18 Å². The first kappa shape index (κ1) is 10.7. The van der Waals surface area contributed by atoms with Gasteiger partial charge in [0.25, 0.3) is 0 Å². The van der Waals surface area contributed by atoms with Gasteiger partial charge in [-0.1, -0.05) is 0 Å². The quantitative estimate of drug-likeness (QED) is 0.649. The molecule has 78 valence electrons. The Bertz CT molecular complexity index is 188. The standard InChI is InChI=1S/C7H9F5O/c8-6(9)1-4(3-13)5(2-6)7(10,11)12/h4-5,13H,1-3H2/t4-,5+/m0/s1. The molecule has 0 aromatic rings. The maximum atomic E-state index is 12.6. The van der Waals surface area contributed by atoms with Crippen LogP contribution in [0.4, 0.5) is 22.0 Å². The van der Waals surface area contributed by atoms with E-state index in [1.807, 2.05) is 0 Å². The number of hydrogen-bond donors (Lipinski definition) is 1. The van der Waals surface area contributed by atoms with Crippen LogP contribution in [0.25, 0.3) is 0 Å². The zero-order chi connectivity index (χ0) is 10.3. The molecule has 1 N–H and O–H groups in total. The van der Waals surface area contributed by atoms with Gasteiger partial charge in [-0.25, -0.2) is 8.78 Å². The van der Waals surface area contributed by atoms with Crippen molar-refractivity contribution in [2.75, 3.05) is 6.61 Å². The summed E-state index contributed by atoms with van der Waals surface area (Å²) in [6.45, 7) is -0.834. The molecule has 0 spiro atoms. The van der Waals surface area contributed by atoms with E-state index in [-0.39, 0.29) is 0 Å². The van der Waals surface area contributed by atoms with Crippen molar-refractivity contribution >= 4 is 0 Å². The summed E-state index contributed by atoms with van der Waals surface area (Å²) < 4.78 is 61.4. The molecule has 1 aliphatic rings. The van der Waals surface area contributed by atoms with Gasteiger partial charge in [0.15, 0.2) is 0 Å². The van der Waals surface area contributed by atoms with E-state index in [9.17, 15) is 22.0 Å². The molecule has 1 saturated carbocycles. The zero-order valence-electron chi connectivity index (χ0n) is 6.61. The first-order valence-corrected chi connectivity index (χ1v) is 3.81. The summed E-state index contributed by atoms with van der Waals surface area (Å²) in [5, 5.41) is 8.50. The lowest BCUT2D eigenvalue weighted by atomic mass is 9.97. The first-order valence-electron chi connectivity index (χ1n) is 3.81. The lowest BCUT2D eigenvalue weighted by Gasteiger charge is -2.19. The third-order valence-corrected chi connectivity index (χ3v) is 2.30. The zero-order valence-corrected chi connectivity index (χ0v) is 6.61. The Labute approximate surface area is 71.5 Å². The molecule has 0 saturated heterocycles. The van der Waals surface area contributed by atoms with Crippen LogP contribution in [0.2, 0.25) is 0 Å². The van der Waals surface area contributed by atoms with Crippen molar-refractivity contribution < 1.29 is 27.1 Å². The summed E-state index contributed by atoms with van der Waals surface area (Å²) in [6.07, 6.45) is -6.69. The fourth-order valence-electron chi connectivity index (χ4n) is 1.67. The van der Waals surface area contributed by atoms with Gasteiger partial charge < -0.3 is 5.11 Å². The highest BCUT2D eigenvalue weighted by molar-refractivity contribution is 4.91. The molecule has 1 nitrogen and oxygen atoms in total. The number of aliphatic hydroxyl groups is 1. The third kappa shape index (κ3) is 2.30. The molecule has 0 bridgehead atoms. The molecule has 6 heteroatoms. The Kier molecular flexibility index (Phi) is 2.53. The van der Waals surface area contributed by atoms with Crippen LogP contribution in [0.1, 0.15) is 12.8 Å². The van der Waals surface area contributed by atoms with Crippen LogP contribution in [0.5, 0.6) is 0 Å². The summed E-state index contributed by atoms with van der Waals surface area (Å²) in [5.41, 5.74) is 0. The number of hydrogen-bond acceptors (Lipinski definition) is 1. The highest BCUT2D eigenvalue weighted by atomic mass is 19.4. The average Bonchev–Trinajstić information content (AvgIpc) is 2.24. The minimum atomic E-state index is -4.63. The van der Waals surface area contributed by atoms with Gasteiger partial charge in [-0.05, 0) is 5.92 Å². The Morgan fingerprint density at radius 2 is 1.77 bits per heavy atom. The van der Waals surface area contributed by atoms with E-state index in [1.54, 1.807) is 0 Å². The molecular weight excluding hydrogens is 195 g/mol. The smallest absolute Gasteiger partial charge is 0.392 e. The Hall–Kier alpha value is -0.390. The molecule has 0 aliphatic heterocycles. The van der Waals surface area contributed by atoms with Crippen LogP contribution in [-0.2, 0) is 0 Å². The van der Waals surface area contributed by atoms with Crippen LogP contribution in [0, 0.1) is 11.8 Å². The van der Waals surface area contributed by atoms with Crippen molar-refractivity contribution in [3.8, 4) is 0 Å². The topological polar surface area (TPSA) is 20.2 Å². The number of aliphatic hydroxyl groups excluding tert-OH is 1. The third-order valence-electron chi connectivity index (χ3n) is 2.30. The minimum Gasteiger partial charge on any atom is -0.396 e. The molecule has 2 atom stereocenters. The lowest BCUT2D eigenvalue weighted by Crippen LogP contribution is -2.28. The van der Waals surface area contributed by atoms with Gasteiger partial charge in [-0.15, -0.1) is 0 Å². The van der Waals surface area contributed by atoms with Crippen LogP contribution in [0.3, 0.4) is 0 Å². The van der Waals surface area contributed by atoms with E-state index in [2.05, 4.69) is 0 Å². The Morgan fingerprint density at radius 3 is 2.08 bits per heavy atom. The van der Waals surface area contributed by atoms with Crippen molar-refractivity contribution in [2.45, 2.75) is 24.9 Å². The van der Waals surface area contributed by atoms with E-state index in [4.69, 9.17) is 5.11 Å².